The molecule has 0 radical (unpaired) electrons. The Balaban J connectivity index is 0.000000905. The van der Waals surface area contributed by atoms with E-state index >= 15 is 0 Å². The van der Waals surface area contributed by atoms with E-state index in [9.17, 15) is 18.0 Å². The fraction of sp³-hybridized carbons (Fsp3) is 0.840. The Morgan fingerprint density at radius 1 is 1.05 bits per heavy atom. The number of rotatable bonds is 11. The lowest BCUT2D eigenvalue weighted by Gasteiger charge is -2.23. The summed E-state index contributed by atoms with van der Waals surface area (Å²) < 4.78 is 31.7. The van der Waals surface area contributed by atoms with Crippen molar-refractivity contribution in [2.24, 2.45) is 27.4 Å². The van der Waals surface area contributed by atoms with E-state index in [0.29, 0.717) is 12.5 Å². The molecular weight excluding hydrogens is 503 g/mol. The quantitative estimate of drug-likeness (QED) is 0.149. The molecule has 0 atom stereocenters. The van der Waals surface area contributed by atoms with Gasteiger partial charge in [-0.1, -0.05) is 51.4 Å². The highest BCUT2D eigenvalue weighted by molar-refractivity contribution is 5.95. The number of carboxylic acid groups (broad SMARTS) is 1. The zero-order valence-electron chi connectivity index (χ0n) is 22.4. The molecule has 0 unspecified atom stereocenters. The molecule has 0 saturated heterocycles. The normalized spacial score (nSPS) is 18.1. The number of hydrogen-bond acceptors (Lipinski definition) is 5. The highest BCUT2D eigenvalue weighted by atomic mass is 19.4. The third-order valence-corrected chi connectivity index (χ3v) is 6.26. The number of amides is 2. The fourth-order valence-corrected chi connectivity index (χ4v) is 3.80. The molecule has 38 heavy (non-hydrogen) atoms. The molecule has 220 valence electrons. The predicted molar refractivity (Wildman–Crippen MR) is 143 cm³/mol. The summed E-state index contributed by atoms with van der Waals surface area (Å²) in [6.07, 6.45) is 11.4. The van der Waals surface area contributed by atoms with Crippen LogP contribution in [-0.4, -0.2) is 72.8 Å². The van der Waals surface area contributed by atoms with Crippen molar-refractivity contribution in [2.45, 2.75) is 96.1 Å². The largest absolute Gasteiger partial charge is 0.490 e. The van der Waals surface area contributed by atoms with Gasteiger partial charge in [0, 0.05) is 32.7 Å². The molecule has 10 nitrogen and oxygen atoms in total. The van der Waals surface area contributed by atoms with Crippen LogP contribution < -0.4 is 22.1 Å². The molecule has 0 bridgehead atoms. The van der Waals surface area contributed by atoms with Gasteiger partial charge in [0.2, 0.25) is 0 Å². The average molecular weight is 550 g/mol. The molecule has 1 heterocycles. The number of urea groups is 1. The van der Waals surface area contributed by atoms with Crippen LogP contribution in [0.4, 0.5) is 18.0 Å². The minimum absolute atomic E-state index is 0.104. The van der Waals surface area contributed by atoms with Crippen molar-refractivity contribution in [3.63, 3.8) is 0 Å². The Bertz CT molecular complexity index is 744. The summed E-state index contributed by atoms with van der Waals surface area (Å²) >= 11 is 0. The van der Waals surface area contributed by atoms with Crippen LogP contribution in [-0.2, 0) is 4.79 Å². The second-order valence-electron chi connectivity index (χ2n) is 9.83. The molecule has 2 rings (SSSR count). The van der Waals surface area contributed by atoms with E-state index in [2.05, 4.69) is 20.6 Å². The van der Waals surface area contributed by atoms with Crippen LogP contribution in [0.1, 0.15) is 89.9 Å². The molecule has 0 aromatic rings. The summed E-state index contributed by atoms with van der Waals surface area (Å²) in [6, 6.07) is -0.104. The number of guanidine groups is 2. The number of nitrogens with one attached hydrogen (secondary N) is 2. The lowest BCUT2D eigenvalue weighted by molar-refractivity contribution is -0.192. The first-order chi connectivity index (χ1) is 18.1. The monoisotopic (exact) mass is 549 g/mol. The molecule has 0 aromatic carbocycles. The van der Waals surface area contributed by atoms with Crippen LogP contribution in [0.3, 0.4) is 0 Å². The van der Waals surface area contributed by atoms with Gasteiger partial charge >= 0.3 is 18.2 Å². The van der Waals surface area contributed by atoms with E-state index in [0.717, 1.165) is 64.2 Å². The fourth-order valence-electron chi connectivity index (χ4n) is 3.80. The molecule has 7 N–H and O–H groups in total. The first-order valence-corrected chi connectivity index (χ1v) is 13.8. The van der Waals surface area contributed by atoms with Crippen LogP contribution in [0.2, 0.25) is 0 Å². The molecule has 1 saturated carbocycles. The SMILES string of the molecule is NC(=NCC1CC1)NCCCCCCCCN1CCCCCCCCN=C(N)NC1=O.O=C(O)C(F)(F)F. The Labute approximate surface area is 223 Å². The molecule has 13 heteroatoms. The molecule has 1 aliphatic heterocycles. The van der Waals surface area contributed by atoms with Crippen molar-refractivity contribution >= 4 is 23.9 Å². The number of halogens is 3. The first-order valence-electron chi connectivity index (χ1n) is 13.8. The number of carbonyl (C=O) groups excluding carboxylic acids is 1. The number of carbonyl (C=O) groups is 2. The molecule has 1 aliphatic carbocycles. The highest BCUT2D eigenvalue weighted by Gasteiger charge is 2.38. The van der Waals surface area contributed by atoms with E-state index < -0.39 is 12.1 Å². The van der Waals surface area contributed by atoms with Crippen LogP contribution in [0.25, 0.3) is 0 Å². The van der Waals surface area contributed by atoms with Crippen LogP contribution >= 0.6 is 0 Å². The van der Waals surface area contributed by atoms with Gasteiger partial charge in [0.05, 0.1) is 0 Å². The lowest BCUT2D eigenvalue weighted by atomic mass is 10.1. The Kier molecular flexibility index (Phi) is 17.0. The second kappa shape index (κ2) is 19.4. The maximum Gasteiger partial charge on any atom is 0.490 e. The lowest BCUT2D eigenvalue weighted by Crippen LogP contribution is -2.46. The smallest absolute Gasteiger partial charge is 0.475 e. The molecule has 0 spiro atoms. The summed E-state index contributed by atoms with van der Waals surface area (Å²) in [4.78, 5) is 32.0. The summed E-state index contributed by atoms with van der Waals surface area (Å²) in [7, 11) is 0. The Morgan fingerprint density at radius 2 is 1.63 bits per heavy atom. The highest BCUT2D eigenvalue weighted by Crippen LogP contribution is 2.28. The van der Waals surface area contributed by atoms with Gasteiger partial charge in [-0.2, -0.15) is 13.2 Å². The summed E-state index contributed by atoms with van der Waals surface area (Å²) in [5, 5.41) is 13.1. The minimum atomic E-state index is -5.08. The van der Waals surface area contributed by atoms with Gasteiger partial charge in [-0.25, -0.2) is 9.59 Å². The standard InChI is InChI=1S/C23H45N7O.C2HF3O2/c24-21(28-19-20-13-14-20)26-15-9-5-1-3-7-11-17-30-18-12-8-4-2-6-10-16-27-22(25)29-23(30)31;3-2(4,5)1(6)7/h20H,1-19H2,(H3,24,26,28)(H3,25,27,29,31);(H,6,7). The van der Waals surface area contributed by atoms with Gasteiger partial charge in [-0.3, -0.25) is 15.3 Å². The van der Waals surface area contributed by atoms with Crippen molar-refractivity contribution in [1.82, 2.24) is 15.5 Å². The van der Waals surface area contributed by atoms with Gasteiger partial charge in [0.15, 0.2) is 11.9 Å². The van der Waals surface area contributed by atoms with E-state index in [-0.39, 0.29) is 12.0 Å². The van der Waals surface area contributed by atoms with Crippen molar-refractivity contribution in [1.29, 1.82) is 0 Å². The van der Waals surface area contributed by atoms with Crippen molar-refractivity contribution in [2.75, 3.05) is 32.7 Å². The average Bonchev–Trinajstić information content (AvgIpc) is 3.67. The van der Waals surface area contributed by atoms with Crippen molar-refractivity contribution in [3.8, 4) is 0 Å². The molecule has 1 fully saturated rings. The van der Waals surface area contributed by atoms with Gasteiger partial charge < -0.3 is 26.8 Å². The minimum Gasteiger partial charge on any atom is -0.475 e. The number of aliphatic imine (C=N–C) groups is 2. The van der Waals surface area contributed by atoms with Crippen LogP contribution in [0.5, 0.6) is 0 Å². The zero-order valence-corrected chi connectivity index (χ0v) is 22.4. The number of alkyl halides is 3. The Morgan fingerprint density at radius 3 is 2.26 bits per heavy atom. The van der Waals surface area contributed by atoms with Gasteiger partial charge in [0.25, 0.3) is 0 Å². The number of nitrogens with two attached hydrogens (primary N) is 2. The van der Waals surface area contributed by atoms with Gasteiger partial charge in [-0.15, -0.1) is 0 Å². The number of aliphatic carboxylic acids is 1. The molecule has 2 amide bonds. The third-order valence-electron chi connectivity index (χ3n) is 6.26. The summed E-state index contributed by atoms with van der Waals surface area (Å²) in [5.74, 6) is -1.13. The number of carboxylic acids is 1. The Hall–Kier alpha value is -2.73. The maximum atomic E-state index is 12.5. The number of nitrogens with zero attached hydrogens (tertiary/aromatic N) is 3. The van der Waals surface area contributed by atoms with Crippen LogP contribution in [0, 0.1) is 5.92 Å². The van der Waals surface area contributed by atoms with Gasteiger partial charge in [-0.05, 0) is 44.4 Å². The first kappa shape index (κ1) is 33.3. The summed E-state index contributed by atoms with van der Waals surface area (Å²) in [5.41, 5.74) is 11.7. The van der Waals surface area contributed by atoms with E-state index in [1.165, 1.54) is 57.8 Å². The number of unbranched alkanes of at least 4 members (excludes halogenated alkanes) is 5. The molecular formula is C25H46F3N7O3. The number of hydrogen-bond donors (Lipinski definition) is 5. The van der Waals surface area contributed by atoms with Crippen LogP contribution in [0.15, 0.2) is 9.98 Å². The van der Waals surface area contributed by atoms with Gasteiger partial charge in [0.1, 0.15) is 0 Å². The van der Waals surface area contributed by atoms with Crippen molar-refractivity contribution < 1.29 is 27.9 Å². The topological polar surface area (TPSA) is 158 Å². The second-order valence-corrected chi connectivity index (χ2v) is 9.83. The maximum absolute atomic E-state index is 12.5. The zero-order chi connectivity index (χ0) is 28.2. The third kappa shape index (κ3) is 18.5. The van der Waals surface area contributed by atoms with E-state index in [1.54, 1.807) is 0 Å². The van der Waals surface area contributed by atoms with E-state index in [4.69, 9.17) is 21.4 Å². The summed E-state index contributed by atoms with van der Waals surface area (Å²) in [6.45, 7) is 4.06. The van der Waals surface area contributed by atoms with Crippen molar-refractivity contribution in [3.05, 3.63) is 0 Å². The van der Waals surface area contributed by atoms with E-state index in [1.807, 2.05) is 4.90 Å². The predicted octanol–water partition coefficient (Wildman–Crippen LogP) is 3.96. The molecule has 0 aromatic heterocycles. The molecule has 2 aliphatic rings.